The Morgan fingerprint density at radius 2 is 1.89 bits per heavy atom. The average Bonchev–Trinajstić information content (AvgIpc) is 2.32. The van der Waals surface area contributed by atoms with Gasteiger partial charge in [-0.1, -0.05) is 19.9 Å². The maximum absolute atomic E-state index is 13.4. The molecule has 100 valence electrons. The molecular weight excluding hydrogens is 225 g/mol. The van der Waals surface area contributed by atoms with Crippen molar-refractivity contribution in [3.63, 3.8) is 0 Å². The van der Waals surface area contributed by atoms with Crippen molar-refractivity contribution in [2.45, 2.75) is 52.0 Å². The van der Waals surface area contributed by atoms with Gasteiger partial charge in [0.05, 0.1) is 0 Å². The summed E-state index contributed by atoms with van der Waals surface area (Å²) in [6.45, 7) is 6.58. The van der Waals surface area contributed by atoms with Gasteiger partial charge in [0.25, 0.3) is 0 Å². The van der Waals surface area contributed by atoms with E-state index in [9.17, 15) is 4.39 Å². The fourth-order valence-electron chi connectivity index (χ4n) is 3.22. The second kappa shape index (κ2) is 5.00. The first-order chi connectivity index (χ1) is 8.42. The van der Waals surface area contributed by atoms with Crippen LogP contribution in [0.1, 0.15) is 50.7 Å². The molecular formula is C16H24FN. The average molecular weight is 249 g/mol. The Bertz CT molecular complexity index is 417. The summed E-state index contributed by atoms with van der Waals surface area (Å²) < 4.78 is 13.4. The van der Waals surface area contributed by atoms with Crippen molar-refractivity contribution >= 4 is 0 Å². The van der Waals surface area contributed by atoms with Crippen LogP contribution in [0.3, 0.4) is 0 Å². The van der Waals surface area contributed by atoms with Gasteiger partial charge in [-0.15, -0.1) is 0 Å². The third kappa shape index (κ3) is 2.59. The van der Waals surface area contributed by atoms with Crippen molar-refractivity contribution < 1.29 is 4.39 Å². The summed E-state index contributed by atoms with van der Waals surface area (Å²) in [5.41, 5.74) is 8.34. The number of aryl methyl sites for hydroxylation is 1. The Morgan fingerprint density at radius 1 is 1.28 bits per heavy atom. The molecule has 1 aliphatic rings. The summed E-state index contributed by atoms with van der Waals surface area (Å²) >= 11 is 0. The van der Waals surface area contributed by atoms with Crippen LogP contribution >= 0.6 is 0 Å². The molecule has 0 atom stereocenters. The van der Waals surface area contributed by atoms with E-state index in [0.717, 1.165) is 48.6 Å². The first-order valence-corrected chi connectivity index (χ1v) is 6.98. The van der Waals surface area contributed by atoms with E-state index in [1.807, 2.05) is 13.0 Å². The van der Waals surface area contributed by atoms with E-state index >= 15 is 0 Å². The lowest BCUT2D eigenvalue weighted by Crippen LogP contribution is -2.41. The normalized spacial score (nSPS) is 28.7. The van der Waals surface area contributed by atoms with Crippen molar-refractivity contribution in [2.75, 3.05) is 0 Å². The highest BCUT2D eigenvalue weighted by Crippen LogP contribution is 2.41. The highest BCUT2D eigenvalue weighted by Gasteiger charge is 2.35. The topological polar surface area (TPSA) is 26.0 Å². The number of nitrogens with two attached hydrogens (primary N) is 1. The molecule has 0 bridgehead atoms. The van der Waals surface area contributed by atoms with Crippen LogP contribution in [0.2, 0.25) is 0 Å². The smallest absolute Gasteiger partial charge is 0.123 e. The Morgan fingerprint density at radius 3 is 2.44 bits per heavy atom. The standard InChI is InChI=1S/C16H24FN/c1-11(2)13-6-8-16(18,9-7-13)15-10-14(17)5-4-12(15)3/h4-5,10-11,13H,6-9,18H2,1-3H3. The molecule has 2 heteroatoms. The minimum atomic E-state index is -0.322. The Hall–Kier alpha value is -0.890. The molecule has 0 saturated heterocycles. The zero-order valence-electron chi connectivity index (χ0n) is 11.7. The summed E-state index contributed by atoms with van der Waals surface area (Å²) in [4.78, 5) is 0. The van der Waals surface area contributed by atoms with Gasteiger partial charge in [0.15, 0.2) is 0 Å². The van der Waals surface area contributed by atoms with E-state index in [2.05, 4.69) is 13.8 Å². The molecule has 0 unspecified atom stereocenters. The molecule has 0 radical (unpaired) electrons. The maximum Gasteiger partial charge on any atom is 0.123 e. The SMILES string of the molecule is Cc1ccc(F)cc1C1(N)CCC(C(C)C)CC1. The summed E-state index contributed by atoms with van der Waals surface area (Å²) in [6.07, 6.45) is 4.26. The molecule has 1 saturated carbocycles. The summed E-state index contributed by atoms with van der Waals surface area (Å²) in [6, 6.07) is 4.99. The molecule has 1 fully saturated rings. The Labute approximate surface area is 110 Å². The first-order valence-electron chi connectivity index (χ1n) is 6.98. The minimum Gasteiger partial charge on any atom is -0.321 e. The van der Waals surface area contributed by atoms with E-state index in [-0.39, 0.29) is 11.4 Å². The van der Waals surface area contributed by atoms with E-state index in [4.69, 9.17) is 5.73 Å². The molecule has 2 N–H and O–H groups in total. The Kier molecular flexibility index (Phi) is 3.76. The third-order valence-corrected chi connectivity index (χ3v) is 4.60. The molecule has 1 aromatic rings. The number of hydrogen-bond donors (Lipinski definition) is 1. The largest absolute Gasteiger partial charge is 0.321 e. The van der Waals surface area contributed by atoms with Crippen LogP contribution in [0.5, 0.6) is 0 Å². The predicted molar refractivity (Wildman–Crippen MR) is 73.8 cm³/mol. The lowest BCUT2D eigenvalue weighted by atomic mass is 9.70. The second-order valence-corrected chi connectivity index (χ2v) is 6.20. The van der Waals surface area contributed by atoms with Gasteiger partial charge in [0.1, 0.15) is 5.82 Å². The molecule has 1 nitrogen and oxygen atoms in total. The van der Waals surface area contributed by atoms with Crippen LogP contribution in [0.15, 0.2) is 18.2 Å². The lowest BCUT2D eigenvalue weighted by molar-refractivity contribution is 0.195. The van der Waals surface area contributed by atoms with Gasteiger partial charge in [-0.05, 0) is 67.7 Å². The van der Waals surface area contributed by atoms with E-state index in [1.54, 1.807) is 6.07 Å². The molecule has 2 rings (SSSR count). The van der Waals surface area contributed by atoms with Gasteiger partial charge >= 0.3 is 0 Å². The first kappa shape index (κ1) is 13.5. The van der Waals surface area contributed by atoms with Crippen molar-refractivity contribution in [2.24, 2.45) is 17.6 Å². The quantitative estimate of drug-likeness (QED) is 0.837. The van der Waals surface area contributed by atoms with Crippen molar-refractivity contribution in [3.8, 4) is 0 Å². The van der Waals surface area contributed by atoms with E-state index in [1.165, 1.54) is 6.07 Å². The van der Waals surface area contributed by atoms with Crippen LogP contribution in [0, 0.1) is 24.6 Å². The van der Waals surface area contributed by atoms with Gasteiger partial charge in [-0.2, -0.15) is 0 Å². The Balaban J connectivity index is 2.20. The van der Waals surface area contributed by atoms with Crippen LogP contribution in [0.4, 0.5) is 4.39 Å². The van der Waals surface area contributed by atoms with Crippen LogP contribution in [0.25, 0.3) is 0 Å². The monoisotopic (exact) mass is 249 g/mol. The van der Waals surface area contributed by atoms with Crippen LogP contribution in [-0.2, 0) is 5.54 Å². The summed E-state index contributed by atoms with van der Waals surface area (Å²) in [7, 11) is 0. The lowest BCUT2D eigenvalue weighted by Gasteiger charge is -2.39. The fraction of sp³-hybridized carbons (Fsp3) is 0.625. The van der Waals surface area contributed by atoms with Gasteiger partial charge in [-0.25, -0.2) is 4.39 Å². The van der Waals surface area contributed by atoms with E-state index in [0.29, 0.717) is 0 Å². The predicted octanol–water partition coefficient (Wildman–Crippen LogP) is 4.13. The fourth-order valence-corrected chi connectivity index (χ4v) is 3.22. The van der Waals surface area contributed by atoms with Crippen molar-refractivity contribution in [1.29, 1.82) is 0 Å². The van der Waals surface area contributed by atoms with E-state index < -0.39 is 0 Å². The molecule has 0 aliphatic heterocycles. The molecule has 1 aromatic carbocycles. The zero-order valence-corrected chi connectivity index (χ0v) is 11.7. The highest BCUT2D eigenvalue weighted by molar-refractivity contribution is 5.33. The zero-order chi connectivity index (χ0) is 13.3. The molecule has 0 spiro atoms. The summed E-state index contributed by atoms with van der Waals surface area (Å²) in [5.74, 6) is 1.32. The number of rotatable bonds is 2. The highest BCUT2D eigenvalue weighted by atomic mass is 19.1. The minimum absolute atomic E-state index is 0.175. The molecule has 18 heavy (non-hydrogen) atoms. The molecule has 1 aliphatic carbocycles. The van der Waals surface area contributed by atoms with Gasteiger partial charge in [0.2, 0.25) is 0 Å². The number of benzene rings is 1. The van der Waals surface area contributed by atoms with Gasteiger partial charge in [-0.3, -0.25) is 0 Å². The maximum atomic E-state index is 13.4. The third-order valence-electron chi connectivity index (χ3n) is 4.60. The van der Waals surface area contributed by atoms with Gasteiger partial charge in [0, 0.05) is 5.54 Å². The molecule has 0 heterocycles. The number of halogens is 1. The van der Waals surface area contributed by atoms with Crippen LogP contribution in [-0.4, -0.2) is 0 Å². The number of hydrogen-bond acceptors (Lipinski definition) is 1. The summed E-state index contributed by atoms with van der Waals surface area (Å²) in [5, 5.41) is 0. The van der Waals surface area contributed by atoms with Crippen molar-refractivity contribution in [1.82, 2.24) is 0 Å². The van der Waals surface area contributed by atoms with Crippen LogP contribution < -0.4 is 5.73 Å². The van der Waals surface area contributed by atoms with Gasteiger partial charge < -0.3 is 5.73 Å². The molecule has 0 amide bonds. The second-order valence-electron chi connectivity index (χ2n) is 6.20. The molecule has 0 aromatic heterocycles. The van der Waals surface area contributed by atoms with Crippen molar-refractivity contribution in [3.05, 3.63) is 35.1 Å².